The van der Waals surface area contributed by atoms with Crippen LogP contribution in [-0.4, -0.2) is 82.0 Å². The van der Waals surface area contributed by atoms with E-state index in [2.05, 4.69) is 11.8 Å². The molecule has 12 heteroatoms. The molecule has 0 unspecified atom stereocenters. The number of sulfonamides is 1. The van der Waals surface area contributed by atoms with Gasteiger partial charge in [0.25, 0.3) is 5.91 Å². The fourth-order valence-electron chi connectivity index (χ4n) is 4.70. The third-order valence-corrected chi connectivity index (χ3v) is 9.94. The van der Waals surface area contributed by atoms with Crippen LogP contribution in [0.25, 0.3) is 10.2 Å². The Balaban J connectivity index is 0.00000353. The van der Waals surface area contributed by atoms with E-state index < -0.39 is 10.0 Å². The monoisotopic (exact) mass is 594 g/mol. The maximum Gasteiger partial charge on any atom is 0.260 e. The summed E-state index contributed by atoms with van der Waals surface area (Å²) in [6, 6.07) is 10.1. The normalized spacial score (nSPS) is 16.3. The molecule has 1 amide bonds. The van der Waals surface area contributed by atoms with E-state index in [1.54, 1.807) is 33.5 Å². The summed E-state index contributed by atoms with van der Waals surface area (Å²) in [5.41, 5.74) is 1.17. The molecule has 2 aliphatic rings. The maximum absolute atomic E-state index is 13.7. The molecule has 3 heterocycles. The molecule has 1 saturated heterocycles. The number of benzene rings is 2. The number of ether oxygens (including phenoxy) is 2. The van der Waals surface area contributed by atoms with Crippen LogP contribution in [0.3, 0.4) is 0 Å². The van der Waals surface area contributed by atoms with Gasteiger partial charge in [-0.1, -0.05) is 18.3 Å². The van der Waals surface area contributed by atoms with Gasteiger partial charge in [-0.2, -0.15) is 4.31 Å². The maximum atomic E-state index is 13.7. The molecule has 2 aromatic carbocycles. The average molecular weight is 595 g/mol. The van der Waals surface area contributed by atoms with Gasteiger partial charge >= 0.3 is 0 Å². The lowest BCUT2D eigenvalue weighted by Gasteiger charge is -2.29. The van der Waals surface area contributed by atoms with Crippen molar-refractivity contribution in [2.75, 3.05) is 58.4 Å². The van der Waals surface area contributed by atoms with Crippen molar-refractivity contribution in [1.82, 2.24) is 14.2 Å². The van der Waals surface area contributed by atoms with E-state index in [0.717, 1.165) is 36.0 Å². The van der Waals surface area contributed by atoms with Gasteiger partial charge in [0, 0.05) is 37.3 Å². The van der Waals surface area contributed by atoms with Gasteiger partial charge in [-0.25, -0.2) is 13.4 Å². The Morgan fingerprint density at radius 3 is 2.33 bits per heavy atom. The largest absolute Gasteiger partial charge is 0.486 e. The number of carbonyl (C=O) groups is 1. The molecule has 0 spiro atoms. The van der Waals surface area contributed by atoms with Crippen LogP contribution in [0, 0.1) is 5.92 Å². The van der Waals surface area contributed by atoms with Crippen molar-refractivity contribution in [3.8, 4) is 11.5 Å². The Kier molecular flexibility index (Phi) is 9.38. The van der Waals surface area contributed by atoms with Gasteiger partial charge in [0.15, 0.2) is 16.6 Å². The van der Waals surface area contributed by atoms with Crippen LogP contribution in [0.2, 0.25) is 0 Å². The summed E-state index contributed by atoms with van der Waals surface area (Å²) in [5, 5.41) is 0.588. The number of halogens is 1. The number of aromatic nitrogens is 1. The summed E-state index contributed by atoms with van der Waals surface area (Å²) < 4.78 is 40.1. The van der Waals surface area contributed by atoms with Crippen molar-refractivity contribution in [1.29, 1.82) is 0 Å². The lowest BCUT2D eigenvalue weighted by atomic mass is 10.0. The number of hydrogen-bond donors (Lipinski definition) is 0. The summed E-state index contributed by atoms with van der Waals surface area (Å²) >= 11 is 1.43. The third kappa shape index (κ3) is 6.49. The van der Waals surface area contributed by atoms with E-state index in [9.17, 15) is 13.2 Å². The number of rotatable bonds is 8. The smallest absolute Gasteiger partial charge is 0.260 e. The van der Waals surface area contributed by atoms with Crippen LogP contribution in [0.15, 0.2) is 41.3 Å². The Hall–Kier alpha value is -2.44. The van der Waals surface area contributed by atoms with Crippen molar-refractivity contribution >= 4 is 55.0 Å². The summed E-state index contributed by atoms with van der Waals surface area (Å²) in [5.74, 6) is 1.67. The minimum Gasteiger partial charge on any atom is -0.486 e. The minimum atomic E-state index is -3.58. The van der Waals surface area contributed by atoms with Crippen LogP contribution < -0.4 is 14.4 Å². The van der Waals surface area contributed by atoms with Gasteiger partial charge in [-0.15, -0.1) is 12.4 Å². The number of fused-ring (bicyclic) bond motifs is 2. The van der Waals surface area contributed by atoms with Crippen LogP contribution >= 0.6 is 23.7 Å². The SMILES string of the molecule is CC1CCN(S(=O)(=O)c2ccc(C(=O)N(CCCN(C)C)c3nc4cc5c(cc4s3)OCCO5)cc2)CC1.Cl. The van der Waals surface area contributed by atoms with Gasteiger partial charge in [0.2, 0.25) is 10.0 Å². The Morgan fingerprint density at radius 2 is 1.69 bits per heavy atom. The van der Waals surface area contributed by atoms with Crippen molar-refractivity contribution in [2.24, 2.45) is 5.92 Å². The first kappa shape index (κ1) is 29.5. The lowest BCUT2D eigenvalue weighted by molar-refractivity contribution is 0.0986. The second kappa shape index (κ2) is 12.4. The number of anilines is 1. The summed E-state index contributed by atoms with van der Waals surface area (Å²) in [6.45, 7) is 5.50. The number of amides is 1. The number of thiazole rings is 1. The molecule has 0 radical (unpaired) electrons. The van der Waals surface area contributed by atoms with Gasteiger partial charge in [-0.05, 0) is 70.1 Å². The molecule has 0 N–H and O–H groups in total. The average Bonchev–Trinajstić information content (AvgIpc) is 3.32. The molecule has 0 atom stereocenters. The highest BCUT2D eigenvalue weighted by atomic mass is 35.5. The van der Waals surface area contributed by atoms with Crippen molar-refractivity contribution < 1.29 is 22.7 Å². The van der Waals surface area contributed by atoms with Crippen LogP contribution in [0.5, 0.6) is 11.5 Å². The van der Waals surface area contributed by atoms with Crippen molar-refractivity contribution in [3.63, 3.8) is 0 Å². The zero-order valence-electron chi connectivity index (χ0n) is 22.5. The summed E-state index contributed by atoms with van der Waals surface area (Å²) in [4.78, 5) is 22.5. The van der Waals surface area contributed by atoms with Crippen LogP contribution in [-0.2, 0) is 10.0 Å². The first-order chi connectivity index (χ1) is 18.2. The fraction of sp³-hybridized carbons (Fsp3) is 0.481. The van der Waals surface area contributed by atoms with E-state index in [1.807, 2.05) is 26.2 Å². The zero-order chi connectivity index (χ0) is 26.9. The number of hydrogen-bond acceptors (Lipinski definition) is 8. The second-order valence-electron chi connectivity index (χ2n) is 10.2. The molecule has 212 valence electrons. The first-order valence-electron chi connectivity index (χ1n) is 13.0. The van der Waals surface area contributed by atoms with Crippen molar-refractivity contribution in [3.05, 3.63) is 42.0 Å². The molecule has 0 aliphatic carbocycles. The quantitative estimate of drug-likeness (QED) is 0.379. The molecule has 0 saturated carbocycles. The fourth-order valence-corrected chi connectivity index (χ4v) is 7.17. The van der Waals surface area contributed by atoms with E-state index in [4.69, 9.17) is 14.5 Å². The first-order valence-corrected chi connectivity index (χ1v) is 15.2. The van der Waals surface area contributed by atoms with Crippen LogP contribution in [0.4, 0.5) is 5.13 Å². The highest BCUT2D eigenvalue weighted by Gasteiger charge is 2.29. The van der Waals surface area contributed by atoms with E-state index in [1.165, 1.54) is 11.3 Å². The molecule has 39 heavy (non-hydrogen) atoms. The minimum absolute atomic E-state index is 0. The van der Waals surface area contributed by atoms with Gasteiger partial charge in [0.05, 0.1) is 15.1 Å². The van der Waals surface area contributed by atoms with Gasteiger partial charge < -0.3 is 14.4 Å². The van der Waals surface area contributed by atoms with E-state index in [-0.39, 0.29) is 23.2 Å². The number of nitrogens with zero attached hydrogens (tertiary/aromatic N) is 4. The highest BCUT2D eigenvalue weighted by Crippen LogP contribution is 2.39. The van der Waals surface area contributed by atoms with Gasteiger partial charge in [-0.3, -0.25) is 9.69 Å². The molecule has 1 aromatic heterocycles. The molecular formula is C27H35ClN4O5S2. The second-order valence-corrected chi connectivity index (χ2v) is 13.1. The zero-order valence-corrected chi connectivity index (χ0v) is 24.9. The molecule has 3 aromatic rings. The number of carbonyl (C=O) groups excluding carboxylic acids is 1. The predicted molar refractivity (Wildman–Crippen MR) is 156 cm³/mol. The molecular weight excluding hydrogens is 560 g/mol. The predicted octanol–water partition coefficient (Wildman–Crippen LogP) is 4.51. The molecule has 0 bridgehead atoms. The summed E-state index contributed by atoms with van der Waals surface area (Å²) in [7, 11) is 0.412. The molecule has 2 aliphatic heterocycles. The number of piperidine rings is 1. The Labute approximate surface area is 240 Å². The standard InChI is InChI=1S/C27H34N4O5S2.ClH/c1-19-9-13-30(14-10-19)38(33,34)21-7-5-20(6-8-21)26(32)31(12-4-11-29(2)3)27-28-22-17-23-24(18-25(22)37-27)36-16-15-35-23;/h5-8,17-19H,4,9-16H2,1-3H3;1H. The molecule has 5 rings (SSSR count). The molecule has 9 nitrogen and oxygen atoms in total. The van der Waals surface area contributed by atoms with E-state index in [0.29, 0.717) is 61.0 Å². The third-order valence-electron chi connectivity index (χ3n) is 6.99. The topological polar surface area (TPSA) is 92.3 Å². The van der Waals surface area contributed by atoms with E-state index >= 15 is 0 Å². The van der Waals surface area contributed by atoms with Gasteiger partial charge in [0.1, 0.15) is 13.2 Å². The Bertz CT molecular complexity index is 1360. The lowest BCUT2D eigenvalue weighted by Crippen LogP contribution is -2.38. The van der Waals surface area contributed by atoms with Crippen molar-refractivity contribution in [2.45, 2.75) is 31.1 Å². The Morgan fingerprint density at radius 1 is 1.05 bits per heavy atom. The highest BCUT2D eigenvalue weighted by molar-refractivity contribution is 7.89. The summed E-state index contributed by atoms with van der Waals surface area (Å²) in [6.07, 6.45) is 2.49. The molecule has 1 fully saturated rings. The van der Waals surface area contributed by atoms with Crippen LogP contribution in [0.1, 0.15) is 36.5 Å².